The Balaban J connectivity index is 2.33. The maximum Gasteiger partial charge on any atom is 0.405 e. The Kier molecular flexibility index (Phi) is 1.32. The molecule has 1 fully saturated rings. The number of hydrogen-bond donors (Lipinski definition) is 1. The molecule has 1 aliphatic rings. The lowest BCUT2D eigenvalue weighted by atomic mass is 10.1. The van der Waals surface area contributed by atoms with Crippen molar-refractivity contribution < 1.29 is 14.3 Å². The molecule has 0 aliphatic carbocycles. The highest BCUT2D eigenvalue weighted by molar-refractivity contribution is 5.65. The molecule has 0 radical (unpaired) electrons. The van der Waals surface area contributed by atoms with Crippen LogP contribution in [-0.4, -0.2) is 24.9 Å². The molecule has 0 aromatic rings. The standard InChI is InChI=1S/C5H9NO3/c1-5(2-8-3-5)9-4(6)7/h2-3H2,1H3,(H2,6,7). The smallest absolute Gasteiger partial charge is 0.405 e. The lowest BCUT2D eigenvalue weighted by Crippen LogP contribution is -2.51. The molecule has 9 heavy (non-hydrogen) atoms. The fraction of sp³-hybridized carbons (Fsp3) is 0.800. The second-order valence-corrected chi connectivity index (χ2v) is 2.36. The van der Waals surface area contributed by atoms with Gasteiger partial charge in [-0.2, -0.15) is 0 Å². The molecule has 0 bridgehead atoms. The van der Waals surface area contributed by atoms with E-state index in [1.54, 1.807) is 6.92 Å². The fourth-order valence-corrected chi connectivity index (χ4v) is 0.691. The Morgan fingerprint density at radius 2 is 2.33 bits per heavy atom. The predicted octanol–water partition coefficient (Wildman–Crippen LogP) is -0.129. The van der Waals surface area contributed by atoms with Crippen molar-refractivity contribution in [2.75, 3.05) is 13.2 Å². The highest BCUT2D eigenvalue weighted by Gasteiger charge is 2.36. The molecule has 0 unspecified atom stereocenters. The summed E-state index contributed by atoms with van der Waals surface area (Å²) in [6.45, 7) is 2.69. The second-order valence-electron chi connectivity index (χ2n) is 2.36. The lowest BCUT2D eigenvalue weighted by Gasteiger charge is -2.36. The molecule has 0 aromatic carbocycles. The van der Waals surface area contributed by atoms with Crippen LogP contribution in [0.3, 0.4) is 0 Å². The largest absolute Gasteiger partial charge is 0.438 e. The van der Waals surface area contributed by atoms with Gasteiger partial charge in [-0.05, 0) is 6.92 Å². The van der Waals surface area contributed by atoms with Crippen LogP contribution >= 0.6 is 0 Å². The maximum absolute atomic E-state index is 10.2. The minimum Gasteiger partial charge on any atom is -0.438 e. The Bertz CT molecular complexity index is 130. The highest BCUT2D eigenvalue weighted by atomic mass is 16.6. The molecule has 1 amide bonds. The first kappa shape index (κ1) is 6.35. The maximum atomic E-state index is 10.2. The van der Waals surface area contributed by atoms with Crippen LogP contribution in [0.1, 0.15) is 6.92 Å². The molecule has 0 aromatic heterocycles. The number of carbonyl (C=O) groups excluding carboxylic acids is 1. The van der Waals surface area contributed by atoms with Crippen molar-refractivity contribution in [1.29, 1.82) is 0 Å². The molecule has 4 heteroatoms. The van der Waals surface area contributed by atoms with Crippen LogP contribution in [0.25, 0.3) is 0 Å². The van der Waals surface area contributed by atoms with E-state index in [1.807, 2.05) is 0 Å². The topological polar surface area (TPSA) is 61.5 Å². The number of carbonyl (C=O) groups is 1. The van der Waals surface area contributed by atoms with E-state index >= 15 is 0 Å². The van der Waals surface area contributed by atoms with Gasteiger partial charge >= 0.3 is 6.09 Å². The minimum atomic E-state index is -0.735. The van der Waals surface area contributed by atoms with Crippen molar-refractivity contribution in [2.45, 2.75) is 12.5 Å². The molecular formula is C5H9NO3. The summed E-state index contributed by atoms with van der Waals surface area (Å²) < 4.78 is 9.49. The van der Waals surface area contributed by atoms with Crippen LogP contribution in [-0.2, 0) is 9.47 Å². The number of primary amides is 1. The van der Waals surface area contributed by atoms with Crippen molar-refractivity contribution in [3.63, 3.8) is 0 Å². The molecule has 1 aliphatic heterocycles. The van der Waals surface area contributed by atoms with E-state index in [4.69, 9.17) is 10.5 Å². The average molecular weight is 131 g/mol. The number of nitrogens with two attached hydrogens (primary N) is 1. The van der Waals surface area contributed by atoms with Crippen molar-refractivity contribution in [3.8, 4) is 0 Å². The molecule has 1 saturated heterocycles. The Labute approximate surface area is 52.9 Å². The zero-order valence-electron chi connectivity index (χ0n) is 5.22. The summed E-state index contributed by atoms with van der Waals surface area (Å²) >= 11 is 0. The first-order valence-corrected chi connectivity index (χ1v) is 2.69. The molecule has 1 heterocycles. The number of ether oxygens (including phenoxy) is 2. The van der Waals surface area contributed by atoms with Gasteiger partial charge in [0.15, 0.2) is 5.60 Å². The Morgan fingerprint density at radius 1 is 1.78 bits per heavy atom. The normalized spacial score (nSPS) is 22.3. The van der Waals surface area contributed by atoms with Crippen molar-refractivity contribution in [2.24, 2.45) is 5.73 Å². The summed E-state index contributed by atoms with van der Waals surface area (Å²) in [6, 6.07) is 0. The monoisotopic (exact) mass is 131 g/mol. The summed E-state index contributed by atoms with van der Waals surface area (Å²) in [5.74, 6) is 0. The molecule has 0 spiro atoms. The van der Waals surface area contributed by atoms with Gasteiger partial charge in [0.25, 0.3) is 0 Å². The van der Waals surface area contributed by atoms with E-state index in [2.05, 4.69) is 4.74 Å². The summed E-state index contributed by atoms with van der Waals surface area (Å²) in [4.78, 5) is 10.2. The molecule has 2 N–H and O–H groups in total. The Morgan fingerprint density at radius 3 is 2.44 bits per heavy atom. The van der Waals surface area contributed by atoms with Gasteiger partial charge in [-0.15, -0.1) is 0 Å². The quantitative estimate of drug-likeness (QED) is 0.539. The van der Waals surface area contributed by atoms with E-state index in [1.165, 1.54) is 0 Å². The Hall–Kier alpha value is -0.770. The van der Waals surface area contributed by atoms with Gasteiger partial charge in [0, 0.05) is 0 Å². The van der Waals surface area contributed by atoms with Gasteiger partial charge in [0.05, 0.1) is 13.2 Å². The third-order valence-corrected chi connectivity index (χ3v) is 1.16. The number of amides is 1. The first-order valence-electron chi connectivity index (χ1n) is 2.69. The predicted molar refractivity (Wildman–Crippen MR) is 29.9 cm³/mol. The second kappa shape index (κ2) is 1.88. The van der Waals surface area contributed by atoms with Crippen LogP contribution in [0.5, 0.6) is 0 Å². The average Bonchev–Trinajstić information content (AvgIpc) is 1.60. The third-order valence-electron chi connectivity index (χ3n) is 1.16. The molecule has 0 atom stereocenters. The molecule has 52 valence electrons. The van der Waals surface area contributed by atoms with Crippen LogP contribution in [0.2, 0.25) is 0 Å². The van der Waals surface area contributed by atoms with Crippen molar-refractivity contribution in [3.05, 3.63) is 0 Å². The third kappa shape index (κ3) is 1.32. The van der Waals surface area contributed by atoms with E-state index in [0.29, 0.717) is 13.2 Å². The van der Waals surface area contributed by atoms with Crippen LogP contribution < -0.4 is 5.73 Å². The van der Waals surface area contributed by atoms with E-state index in [9.17, 15) is 4.79 Å². The van der Waals surface area contributed by atoms with E-state index in [-0.39, 0.29) is 0 Å². The van der Waals surface area contributed by atoms with Crippen LogP contribution in [0.15, 0.2) is 0 Å². The molecule has 1 rings (SSSR count). The van der Waals surface area contributed by atoms with Crippen LogP contribution in [0, 0.1) is 0 Å². The summed E-state index contributed by atoms with van der Waals surface area (Å²) in [7, 11) is 0. The van der Waals surface area contributed by atoms with E-state index < -0.39 is 11.7 Å². The molecule has 4 nitrogen and oxygen atoms in total. The number of rotatable bonds is 1. The SMILES string of the molecule is CC1(OC(N)=O)COC1. The van der Waals surface area contributed by atoms with Gasteiger partial charge in [-0.25, -0.2) is 4.79 Å². The zero-order chi connectivity index (χ0) is 6.91. The minimum absolute atomic E-state index is 0.453. The lowest BCUT2D eigenvalue weighted by molar-refractivity contribution is -0.165. The summed E-state index contributed by atoms with van der Waals surface area (Å²) in [5.41, 5.74) is 4.32. The van der Waals surface area contributed by atoms with Gasteiger partial charge in [0.1, 0.15) is 0 Å². The van der Waals surface area contributed by atoms with Gasteiger partial charge in [-0.3, -0.25) is 0 Å². The van der Waals surface area contributed by atoms with Crippen LogP contribution in [0.4, 0.5) is 4.79 Å². The van der Waals surface area contributed by atoms with E-state index in [0.717, 1.165) is 0 Å². The number of hydrogen-bond acceptors (Lipinski definition) is 3. The van der Waals surface area contributed by atoms with Crippen molar-refractivity contribution >= 4 is 6.09 Å². The summed E-state index contributed by atoms with van der Waals surface area (Å²) in [6.07, 6.45) is -0.735. The summed E-state index contributed by atoms with van der Waals surface area (Å²) in [5, 5.41) is 0. The molecule has 0 saturated carbocycles. The van der Waals surface area contributed by atoms with Gasteiger partial charge in [0.2, 0.25) is 0 Å². The van der Waals surface area contributed by atoms with Gasteiger partial charge < -0.3 is 15.2 Å². The molecular weight excluding hydrogens is 122 g/mol. The fourth-order valence-electron chi connectivity index (χ4n) is 0.691. The first-order chi connectivity index (χ1) is 4.12. The van der Waals surface area contributed by atoms with Gasteiger partial charge in [-0.1, -0.05) is 0 Å². The zero-order valence-corrected chi connectivity index (χ0v) is 5.22. The van der Waals surface area contributed by atoms with Crippen molar-refractivity contribution in [1.82, 2.24) is 0 Å². The highest BCUT2D eigenvalue weighted by Crippen LogP contribution is 2.19.